The first-order chi connectivity index (χ1) is 9.28. The van der Waals surface area contributed by atoms with Crippen LogP contribution in [-0.2, 0) is 10.2 Å². The second-order valence-electron chi connectivity index (χ2n) is 5.02. The molecule has 1 fully saturated rings. The van der Waals surface area contributed by atoms with Crippen LogP contribution in [0.4, 0.5) is 14.5 Å². The summed E-state index contributed by atoms with van der Waals surface area (Å²) in [6.07, 6.45) is -1.77. The number of benzene rings is 1. The van der Waals surface area contributed by atoms with Gasteiger partial charge in [0.1, 0.15) is 0 Å². The van der Waals surface area contributed by atoms with E-state index in [2.05, 4.69) is 0 Å². The number of nitro benzene ring substituents is 1. The fourth-order valence-electron chi connectivity index (χ4n) is 2.68. The monoisotopic (exact) mass is 285 g/mol. The molecular weight excluding hydrogens is 272 g/mol. The number of alkyl halides is 2. The van der Waals surface area contributed by atoms with Crippen LogP contribution in [0.3, 0.4) is 0 Å². The highest BCUT2D eigenvalue weighted by atomic mass is 19.3. The molecular formula is C13H13F2NO4. The first-order valence-electron chi connectivity index (χ1n) is 6.14. The van der Waals surface area contributed by atoms with Gasteiger partial charge in [-0.15, -0.1) is 0 Å². The molecule has 0 aliphatic heterocycles. The summed E-state index contributed by atoms with van der Waals surface area (Å²) >= 11 is 0. The van der Waals surface area contributed by atoms with E-state index in [1.54, 1.807) is 0 Å². The lowest BCUT2D eigenvalue weighted by Gasteiger charge is -2.36. The Morgan fingerprint density at radius 2 is 1.75 bits per heavy atom. The van der Waals surface area contributed by atoms with Gasteiger partial charge >= 0.3 is 5.97 Å². The van der Waals surface area contributed by atoms with Crippen molar-refractivity contribution in [3.8, 4) is 0 Å². The van der Waals surface area contributed by atoms with E-state index in [1.165, 1.54) is 24.3 Å². The molecule has 1 aromatic rings. The van der Waals surface area contributed by atoms with Gasteiger partial charge in [0.15, 0.2) is 0 Å². The normalized spacial score (nSPS) is 20.3. The lowest BCUT2D eigenvalue weighted by Crippen LogP contribution is -2.43. The van der Waals surface area contributed by atoms with Crippen LogP contribution in [-0.4, -0.2) is 21.9 Å². The average molecular weight is 285 g/mol. The quantitative estimate of drug-likeness (QED) is 0.683. The zero-order chi connectivity index (χ0) is 15.0. The molecule has 1 aromatic carbocycles. The Labute approximate surface area is 113 Å². The zero-order valence-electron chi connectivity index (χ0n) is 10.5. The van der Waals surface area contributed by atoms with Gasteiger partial charge in [-0.1, -0.05) is 18.2 Å². The highest BCUT2D eigenvalue weighted by molar-refractivity contribution is 5.83. The van der Waals surface area contributed by atoms with E-state index in [4.69, 9.17) is 0 Å². The number of carboxylic acid groups (broad SMARTS) is 1. The summed E-state index contributed by atoms with van der Waals surface area (Å²) in [7, 11) is 0. The highest BCUT2D eigenvalue weighted by Crippen LogP contribution is 2.47. The topological polar surface area (TPSA) is 80.4 Å². The molecule has 1 aliphatic carbocycles. The summed E-state index contributed by atoms with van der Waals surface area (Å²) in [5, 5.41) is 20.5. The number of nitrogens with zero attached hydrogens (tertiary/aromatic N) is 1. The predicted octanol–water partition coefficient (Wildman–Crippen LogP) is 3.13. The molecule has 1 aliphatic rings. The van der Waals surface area contributed by atoms with E-state index in [1.807, 2.05) is 0 Å². The maximum Gasteiger partial charge on any atom is 0.314 e. The number of hydrogen-bond acceptors (Lipinski definition) is 3. The maximum atomic E-state index is 13.3. The number of hydrogen-bond donors (Lipinski definition) is 1. The third-order valence-corrected chi connectivity index (χ3v) is 3.86. The van der Waals surface area contributed by atoms with E-state index in [-0.39, 0.29) is 24.1 Å². The number of aliphatic carboxylic acids is 1. The summed E-state index contributed by atoms with van der Waals surface area (Å²) in [4.78, 5) is 21.9. The second kappa shape index (κ2) is 4.81. The fraction of sp³-hybridized carbons (Fsp3) is 0.462. The Balaban J connectivity index is 2.51. The van der Waals surface area contributed by atoms with Gasteiger partial charge in [-0.3, -0.25) is 14.9 Å². The van der Waals surface area contributed by atoms with Crippen molar-refractivity contribution >= 4 is 11.7 Å². The van der Waals surface area contributed by atoms with Crippen molar-refractivity contribution in [3.05, 3.63) is 39.9 Å². The largest absolute Gasteiger partial charge is 0.481 e. The highest BCUT2D eigenvalue weighted by Gasteiger charge is 2.51. The molecule has 0 saturated heterocycles. The molecule has 7 heteroatoms. The molecule has 1 N–H and O–H groups in total. The van der Waals surface area contributed by atoms with Gasteiger partial charge in [0, 0.05) is 24.5 Å². The van der Waals surface area contributed by atoms with Gasteiger partial charge in [0.25, 0.3) is 5.69 Å². The molecule has 0 unspecified atom stereocenters. The van der Waals surface area contributed by atoms with Crippen molar-refractivity contribution in [2.45, 2.75) is 37.0 Å². The van der Waals surface area contributed by atoms with Gasteiger partial charge in [0.05, 0.1) is 10.3 Å². The van der Waals surface area contributed by atoms with Crippen LogP contribution in [0, 0.1) is 10.1 Å². The Kier molecular flexibility index (Phi) is 3.45. The number of carboxylic acids is 1. The van der Waals surface area contributed by atoms with Gasteiger partial charge in [-0.2, -0.15) is 0 Å². The number of para-hydroxylation sites is 1. The molecule has 2 rings (SSSR count). The SMILES string of the molecule is O=C(O)C1(c2ccccc2[N+](=O)[O-])CCC(F)(F)CC1. The van der Waals surface area contributed by atoms with Crippen LogP contribution >= 0.6 is 0 Å². The number of halogens is 2. The smallest absolute Gasteiger partial charge is 0.314 e. The number of nitro groups is 1. The van der Waals surface area contributed by atoms with Crippen molar-refractivity contribution in [1.29, 1.82) is 0 Å². The Morgan fingerprint density at radius 3 is 2.25 bits per heavy atom. The van der Waals surface area contributed by atoms with Crippen LogP contribution in [0.25, 0.3) is 0 Å². The van der Waals surface area contributed by atoms with E-state index in [0.29, 0.717) is 0 Å². The maximum absolute atomic E-state index is 13.3. The average Bonchev–Trinajstić information content (AvgIpc) is 2.39. The van der Waals surface area contributed by atoms with Gasteiger partial charge in [-0.25, -0.2) is 8.78 Å². The molecule has 0 radical (unpaired) electrons. The third kappa shape index (κ3) is 2.35. The molecule has 0 amide bonds. The van der Waals surface area contributed by atoms with Crippen LogP contribution in [0.5, 0.6) is 0 Å². The van der Waals surface area contributed by atoms with Crippen molar-refractivity contribution in [2.24, 2.45) is 0 Å². The van der Waals surface area contributed by atoms with Gasteiger partial charge in [-0.05, 0) is 12.8 Å². The molecule has 0 spiro atoms. The molecule has 1 saturated carbocycles. The summed E-state index contributed by atoms with van der Waals surface area (Å²) < 4.78 is 26.5. The summed E-state index contributed by atoms with van der Waals surface area (Å²) in [5.74, 6) is -4.19. The van der Waals surface area contributed by atoms with Crippen molar-refractivity contribution in [3.63, 3.8) is 0 Å². The molecule has 0 heterocycles. The van der Waals surface area contributed by atoms with E-state index < -0.39 is 35.1 Å². The Morgan fingerprint density at radius 1 is 1.20 bits per heavy atom. The zero-order valence-corrected chi connectivity index (χ0v) is 10.5. The summed E-state index contributed by atoms with van der Waals surface area (Å²) in [6.45, 7) is 0. The Hall–Kier alpha value is -2.05. The van der Waals surface area contributed by atoms with E-state index in [0.717, 1.165) is 0 Å². The Bertz CT molecular complexity index is 549. The first kappa shape index (κ1) is 14.4. The molecule has 20 heavy (non-hydrogen) atoms. The van der Waals surface area contributed by atoms with Crippen LogP contribution in [0.1, 0.15) is 31.2 Å². The lowest BCUT2D eigenvalue weighted by molar-refractivity contribution is -0.386. The number of rotatable bonds is 3. The lowest BCUT2D eigenvalue weighted by atomic mass is 9.68. The predicted molar refractivity (Wildman–Crippen MR) is 65.8 cm³/mol. The second-order valence-corrected chi connectivity index (χ2v) is 5.02. The molecule has 5 nitrogen and oxygen atoms in total. The van der Waals surface area contributed by atoms with Gasteiger partial charge < -0.3 is 5.11 Å². The van der Waals surface area contributed by atoms with Crippen molar-refractivity contribution < 1.29 is 23.6 Å². The van der Waals surface area contributed by atoms with E-state index >= 15 is 0 Å². The van der Waals surface area contributed by atoms with Crippen molar-refractivity contribution in [2.75, 3.05) is 0 Å². The molecule has 108 valence electrons. The standard InChI is InChI=1S/C13H13F2NO4/c14-13(15)7-5-12(6-8-13,11(17)18)9-3-1-2-4-10(9)16(19)20/h1-4H,5-8H2,(H,17,18). The summed E-state index contributed by atoms with van der Waals surface area (Å²) in [6, 6.07) is 5.46. The minimum atomic E-state index is -2.90. The van der Waals surface area contributed by atoms with Gasteiger partial charge in [0.2, 0.25) is 5.92 Å². The summed E-state index contributed by atoms with van der Waals surface area (Å²) in [5.41, 5.74) is -1.93. The van der Waals surface area contributed by atoms with E-state index in [9.17, 15) is 28.8 Å². The van der Waals surface area contributed by atoms with Crippen LogP contribution in [0.2, 0.25) is 0 Å². The minimum absolute atomic E-state index is 0.00741. The number of carbonyl (C=O) groups is 1. The molecule has 0 bridgehead atoms. The minimum Gasteiger partial charge on any atom is -0.481 e. The van der Waals surface area contributed by atoms with Crippen molar-refractivity contribution in [1.82, 2.24) is 0 Å². The van der Waals surface area contributed by atoms with Crippen LogP contribution in [0.15, 0.2) is 24.3 Å². The van der Waals surface area contributed by atoms with Crippen LogP contribution < -0.4 is 0 Å². The fourth-order valence-corrected chi connectivity index (χ4v) is 2.68. The molecule has 0 aromatic heterocycles. The first-order valence-corrected chi connectivity index (χ1v) is 6.14. The molecule has 0 atom stereocenters. The third-order valence-electron chi connectivity index (χ3n) is 3.86.